The second kappa shape index (κ2) is 12.0. The topological polar surface area (TPSA) is 74.8 Å². The highest BCUT2D eigenvalue weighted by molar-refractivity contribution is 5.74. The molecule has 1 aromatic carbocycles. The SMILES string of the molecule is CCC1CC(Nc2ncc(C(F)(F)F)cc2CN2C(=O)O[C@H](c3cc(C(F)(F)F)cc(C(F)(F)F)c3)[C@@H]2C)CCN1C(C)=O. The van der Waals surface area contributed by atoms with Crippen molar-refractivity contribution in [3.63, 3.8) is 0 Å². The number of piperidine rings is 1. The normalized spacial score (nSPS) is 23.1. The molecule has 44 heavy (non-hydrogen) atoms. The lowest BCUT2D eigenvalue weighted by Gasteiger charge is -2.39. The molecule has 2 saturated heterocycles. The maximum absolute atomic E-state index is 13.6. The van der Waals surface area contributed by atoms with Gasteiger partial charge in [0.1, 0.15) is 11.9 Å². The van der Waals surface area contributed by atoms with E-state index in [1.54, 1.807) is 4.90 Å². The second-order valence-corrected chi connectivity index (χ2v) is 10.9. The molecule has 3 heterocycles. The number of halogens is 9. The molecule has 2 aromatic rings. The lowest BCUT2D eigenvalue weighted by molar-refractivity contribution is -0.143. The van der Waals surface area contributed by atoms with Crippen molar-refractivity contribution in [2.75, 3.05) is 11.9 Å². The lowest BCUT2D eigenvalue weighted by Crippen LogP contribution is -2.48. The minimum absolute atomic E-state index is 0.0102. The number of hydrogen-bond donors (Lipinski definition) is 1. The highest BCUT2D eigenvalue weighted by Gasteiger charge is 2.44. The Bertz CT molecular complexity index is 1360. The minimum Gasteiger partial charge on any atom is -0.439 e. The Morgan fingerprint density at radius 3 is 2.09 bits per heavy atom. The summed E-state index contributed by atoms with van der Waals surface area (Å²) in [7, 11) is 0. The molecule has 7 nitrogen and oxygen atoms in total. The van der Waals surface area contributed by atoms with Gasteiger partial charge in [-0.25, -0.2) is 9.78 Å². The standard InChI is InChI=1S/C28H29F9N4O3/c1-4-22-11-21(5-6-40(22)15(3)42)39-24-17(9-20(12-38-24)28(35,36)37)13-41-14(2)23(44-25(41)43)16-7-18(26(29,30)31)10-19(8-16)27(32,33)34/h7-10,12,14,21-23H,4-6,11,13H2,1-3H3,(H,38,39)/t14-,21?,22?,23-/m0/s1. The van der Waals surface area contributed by atoms with Crippen molar-refractivity contribution in [3.05, 3.63) is 58.3 Å². The zero-order valence-electron chi connectivity index (χ0n) is 23.7. The average molecular weight is 641 g/mol. The van der Waals surface area contributed by atoms with Crippen LogP contribution in [0.2, 0.25) is 0 Å². The van der Waals surface area contributed by atoms with E-state index in [4.69, 9.17) is 4.74 Å². The van der Waals surface area contributed by atoms with Gasteiger partial charge in [0.15, 0.2) is 0 Å². The monoisotopic (exact) mass is 640 g/mol. The van der Waals surface area contributed by atoms with Crippen LogP contribution >= 0.6 is 0 Å². The number of cyclic esters (lactones) is 1. The molecule has 0 spiro atoms. The van der Waals surface area contributed by atoms with E-state index >= 15 is 0 Å². The van der Waals surface area contributed by atoms with Crippen molar-refractivity contribution >= 4 is 17.8 Å². The summed E-state index contributed by atoms with van der Waals surface area (Å²) in [6.45, 7) is 4.50. The molecule has 2 aliphatic heterocycles. The fourth-order valence-electron chi connectivity index (χ4n) is 5.58. The van der Waals surface area contributed by atoms with Gasteiger partial charge in [0, 0.05) is 37.3 Å². The van der Waals surface area contributed by atoms with Gasteiger partial charge in [-0.15, -0.1) is 0 Å². The third-order valence-electron chi connectivity index (χ3n) is 7.90. The smallest absolute Gasteiger partial charge is 0.417 e. The fraction of sp³-hybridized carbons (Fsp3) is 0.536. The zero-order chi connectivity index (χ0) is 32.8. The number of benzene rings is 1. The summed E-state index contributed by atoms with van der Waals surface area (Å²) >= 11 is 0. The van der Waals surface area contributed by atoms with Crippen molar-refractivity contribution in [2.24, 2.45) is 0 Å². The predicted molar refractivity (Wildman–Crippen MR) is 138 cm³/mol. The van der Waals surface area contributed by atoms with Crippen molar-refractivity contribution in [2.45, 2.75) is 89.3 Å². The van der Waals surface area contributed by atoms with Gasteiger partial charge in [-0.1, -0.05) is 6.92 Å². The van der Waals surface area contributed by atoms with Gasteiger partial charge < -0.3 is 15.0 Å². The number of ether oxygens (including phenoxy) is 1. The van der Waals surface area contributed by atoms with Crippen LogP contribution in [0.25, 0.3) is 0 Å². The number of anilines is 1. The van der Waals surface area contributed by atoms with E-state index in [2.05, 4.69) is 10.3 Å². The van der Waals surface area contributed by atoms with Crippen molar-refractivity contribution in [3.8, 4) is 0 Å². The molecule has 242 valence electrons. The molecule has 0 saturated carbocycles. The Labute approximate surface area is 246 Å². The molecule has 0 aliphatic carbocycles. The van der Waals surface area contributed by atoms with Crippen LogP contribution in [0.4, 0.5) is 50.1 Å². The van der Waals surface area contributed by atoms with Gasteiger partial charge in [0.2, 0.25) is 5.91 Å². The van der Waals surface area contributed by atoms with Gasteiger partial charge in [0.05, 0.1) is 29.3 Å². The van der Waals surface area contributed by atoms with Gasteiger partial charge in [0.25, 0.3) is 0 Å². The summed E-state index contributed by atoms with van der Waals surface area (Å²) in [6.07, 6.45) is -15.6. The van der Waals surface area contributed by atoms with Crippen LogP contribution in [-0.2, 0) is 34.6 Å². The van der Waals surface area contributed by atoms with Gasteiger partial charge >= 0.3 is 24.6 Å². The van der Waals surface area contributed by atoms with E-state index in [9.17, 15) is 49.1 Å². The van der Waals surface area contributed by atoms with Gasteiger partial charge in [-0.05, 0) is 56.0 Å². The molecule has 0 radical (unpaired) electrons. The van der Waals surface area contributed by atoms with Crippen LogP contribution in [0.5, 0.6) is 0 Å². The minimum atomic E-state index is -5.14. The summed E-state index contributed by atoms with van der Waals surface area (Å²) in [5.41, 5.74) is -4.98. The van der Waals surface area contributed by atoms with Crippen LogP contribution in [0.15, 0.2) is 30.5 Å². The molecule has 0 bridgehead atoms. The van der Waals surface area contributed by atoms with E-state index in [1.165, 1.54) is 13.8 Å². The number of pyridine rings is 1. The Hall–Kier alpha value is -3.72. The average Bonchev–Trinajstić information content (AvgIpc) is 3.20. The van der Waals surface area contributed by atoms with Gasteiger partial charge in [-0.3, -0.25) is 9.69 Å². The number of nitrogens with one attached hydrogen (secondary N) is 1. The quantitative estimate of drug-likeness (QED) is 0.333. The maximum atomic E-state index is 13.6. The Balaban J connectivity index is 1.64. The molecule has 2 unspecified atom stereocenters. The third kappa shape index (κ3) is 7.15. The number of alkyl halides is 9. The van der Waals surface area contributed by atoms with E-state index in [0.29, 0.717) is 44.1 Å². The summed E-state index contributed by atoms with van der Waals surface area (Å²) < 4.78 is 127. The molecular weight excluding hydrogens is 611 g/mol. The number of hydrogen-bond acceptors (Lipinski definition) is 5. The molecule has 2 amide bonds. The first-order chi connectivity index (χ1) is 20.3. The van der Waals surface area contributed by atoms with Crippen molar-refractivity contribution in [1.82, 2.24) is 14.8 Å². The first-order valence-corrected chi connectivity index (χ1v) is 13.7. The molecule has 4 atom stereocenters. The van der Waals surface area contributed by atoms with Crippen LogP contribution < -0.4 is 5.32 Å². The Morgan fingerprint density at radius 2 is 1.57 bits per heavy atom. The van der Waals surface area contributed by atoms with E-state index in [1.807, 2.05) is 6.92 Å². The highest BCUT2D eigenvalue weighted by atomic mass is 19.4. The van der Waals surface area contributed by atoms with Crippen LogP contribution in [0.3, 0.4) is 0 Å². The van der Waals surface area contributed by atoms with Crippen molar-refractivity contribution < 1.29 is 53.8 Å². The fourth-order valence-corrected chi connectivity index (χ4v) is 5.58. The number of aromatic nitrogens is 1. The third-order valence-corrected chi connectivity index (χ3v) is 7.90. The number of likely N-dealkylation sites (tertiary alicyclic amines) is 1. The maximum Gasteiger partial charge on any atom is 0.417 e. The largest absolute Gasteiger partial charge is 0.439 e. The first-order valence-electron chi connectivity index (χ1n) is 13.7. The Morgan fingerprint density at radius 1 is 0.977 bits per heavy atom. The lowest BCUT2D eigenvalue weighted by atomic mass is 9.95. The number of nitrogens with zero attached hydrogens (tertiary/aromatic N) is 3. The predicted octanol–water partition coefficient (Wildman–Crippen LogP) is 7.42. The van der Waals surface area contributed by atoms with Gasteiger partial charge in [-0.2, -0.15) is 39.5 Å². The molecule has 16 heteroatoms. The number of amides is 2. The van der Waals surface area contributed by atoms with E-state index < -0.39 is 65.6 Å². The van der Waals surface area contributed by atoms with E-state index in [0.717, 1.165) is 11.0 Å². The molecule has 2 aliphatic rings. The summed E-state index contributed by atoms with van der Waals surface area (Å²) in [5, 5.41) is 3.10. The van der Waals surface area contributed by atoms with Crippen LogP contribution in [-0.4, -0.2) is 51.5 Å². The molecular formula is C28H29F9N4O3. The molecule has 4 rings (SSSR count). The molecule has 1 aromatic heterocycles. The van der Waals surface area contributed by atoms with E-state index in [-0.39, 0.29) is 35.4 Å². The number of carbonyl (C=O) groups excluding carboxylic acids is 2. The summed E-state index contributed by atoms with van der Waals surface area (Å²) in [5.74, 6) is -0.0983. The van der Waals surface area contributed by atoms with Crippen molar-refractivity contribution in [1.29, 1.82) is 0 Å². The summed E-state index contributed by atoms with van der Waals surface area (Å²) in [6, 6.07) is 0.0286. The van der Waals surface area contributed by atoms with Crippen LogP contribution in [0.1, 0.15) is 74.0 Å². The number of rotatable bonds is 6. The zero-order valence-corrected chi connectivity index (χ0v) is 23.7. The van der Waals surface area contributed by atoms with Crippen LogP contribution in [0, 0.1) is 0 Å². The number of carbonyl (C=O) groups is 2. The highest BCUT2D eigenvalue weighted by Crippen LogP contribution is 2.41. The molecule has 2 fully saturated rings. The molecule has 1 N–H and O–H groups in total. The second-order valence-electron chi connectivity index (χ2n) is 10.9. The Kier molecular flexibility index (Phi) is 9.04. The first kappa shape index (κ1) is 33.2. The summed E-state index contributed by atoms with van der Waals surface area (Å²) in [4.78, 5) is 31.4.